The van der Waals surface area contributed by atoms with Gasteiger partial charge in [0, 0.05) is 17.2 Å². The molecule has 154 valence electrons. The van der Waals surface area contributed by atoms with Crippen LogP contribution in [0.2, 0.25) is 0 Å². The second-order valence-electron chi connectivity index (χ2n) is 8.00. The first-order valence-electron chi connectivity index (χ1n) is 9.31. The molecule has 0 fully saturated rings. The lowest BCUT2D eigenvalue weighted by Gasteiger charge is -2.21. The summed E-state index contributed by atoms with van der Waals surface area (Å²) in [5, 5.41) is 11.7. The Labute approximate surface area is 175 Å². The number of nitrogens with one attached hydrogen (secondary N) is 1. The van der Waals surface area contributed by atoms with Gasteiger partial charge in [-0.1, -0.05) is 36.4 Å². The van der Waals surface area contributed by atoms with Crippen LogP contribution in [0, 0.1) is 10.1 Å². The molecule has 30 heavy (non-hydrogen) atoms. The Morgan fingerprint density at radius 2 is 1.70 bits per heavy atom. The molecule has 0 unspecified atom stereocenters. The van der Waals surface area contributed by atoms with Gasteiger partial charge in [-0.2, -0.15) is 0 Å². The summed E-state index contributed by atoms with van der Waals surface area (Å²) >= 11 is 0. The van der Waals surface area contributed by atoms with Gasteiger partial charge in [0.25, 0.3) is 12.4 Å². The Hall–Kier alpha value is -3.04. The highest BCUT2D eigenvalue weighted by atomic mass is 32.2. The summed E-state index contributed by atoms with van der Waals surface area (Å²) in [6, 6.07) is 10.4. The molecule has 0 amide bonds. The summed E-state index contributed by atoms with van der Waals surface area (Å²) in [6.07, 6.45) is 3.43. The van der Waals surface area contributed by atoms with Crippen LogP contribution < -0.4 is 4.72 Å². The van der Waals surface area contributed by atoms with E-state index in [4.69, 9.17) is 0 Å². The Kier molecular flexibility index (Phi) is 5.78. The zero-order chi connectivity index (χ0) is 22.1. The fourth-order valence-electron chi connectivity index (χ4n) is 3.24. The number of hydrogen-bond donors (Lipinski definition) is 1. The number of nitro benzene ring substituents is 1. The van der Waals surface area contributed by atoms with Crippen LogP contribution in [0.25, 0.3) is 11.1 Å². The number of carbonyl (C=O) groups is 1. The van der Waals surface area contributed by atoms with Crippen LogP contribution in [-0.4, -0.2) is 31.3 Å². The predicted octanol–water partition coefficient (Wildman–Crippen LogP) is 3.76. The van der Waals surface area contributed by atoms with Gasteiger partial charge in [0.05, 0.1) is 15.4 Å². The molecular formula is C21H21BN2O5S. The van der Waals surface area contributed by atoms with Crippen LogP contribution in [0.3, 0.4) is 0 Å². The summed E-state index contributed by atoms with van der Waals surface area (Å²) < 4.78 is 28.4. The molecule has 0 radical (unpaired) electrons. The maximum Gasteiger partial charge on any atom is 0.280 e. The van der Waals surface area contributed by atoms with E-state index in [1.165, 1.54) is 24.3 Å². The van der Waals surface area contributed by atoms with Gasteiger partial charge >= 0.3 is 0 Å². The van der Waals surface area contributed by atoms with Crippen LogP contribution in [0.1, 0.15) is 31.1 Å². The molecule has 1 heterocycles. The number of nitrogens with zero attached hydrogens (tertiary/aromatic N) is 1. The van der Waals surface area contributed by atoms with E-state index in [0.717, 1.165) is 0 Å². The highest BCUT2D eigenvalue weighted by Gasteiger charge is 2.29. The highest BCUT2D eigenvalue weighted by molar-refractivity contribution is 7.89. The monoisotopic (exact) mass is 424 g/mol. The Morgan fingerprint density at radius 1 is 1.07 bits per heavy atom. The van der Waals surface area contributed by atoms with Crippen molar-refractivity contribution in [3.05, 3.63) is 82.2 Å². The molecule has 0 spiro atoms. The fraction of sp³-hybridized carbons (Fsp3) is 0.190. The molecule has 0 atom stereocenters. The number of allylic oxidation sites excluding steroid dienone is 2. The summed E-state index contributed by atoms with van der Waals surface area (Å²) in [5.41, 5.74) is -0.798. The standard InChI is InChI=1S/C21H21BN2O5S/c1-21(2,3)23-30(28,29)19-9-5-4-8-16(19)15-10-11-17(18(14-15)24(26)27)20(25)22-12-6-7-13-22/h4-14,23H,1-3H3. The van der Waals surface area contributed by atoms with E-state index in [0.29, 0.717) is 11.1 Å². The second kappa shape index (κ2) is 8.00. The predicted molar refractivity (Wildman–Crippen MR) is 117 cm³/mol. The smallest absolute Gasteiger partial charge is 0.280 e. The van der Waals surface area contributed by atoms with Crippen molar-refractivity contribution in [2.24, 2.45) is 0 Å². The lowest BCUT2D eigenvalue weighted by molar-refractivity contribution is -0.385. The van der Waals surface area contributed by atoms with Gasteiger partial charge in [0.1, 0.15) is 5.68 Å². The summed E-state index contributed by atoms with van der Waals surface area (Å²) in [6.45, 7) is 4.64. The van der Waals surface area contributed by atoms with Crippen LogP contribution in [-0.2, 0) is 10.0 Å². The van der Waals surface area contributed by atoms with E-state index >= 15 is 0 Å². The zero-order valence-corrected chi connectivity index (χ0v) is 17.6. The Morgan fingerprint density at radius 3 is 2.30 bits per heavy atom. The summed E-state index contributed by atoms with van der Waals surface area (Å²) in [4.78, 5) is 23.8. The van der Waals surface area contributed by atoms with E-state index in [1.807, 2.05) is 0 Å². The minimum Gasteiger partial charge on any atom is -0.305 e. The number of benzene rings is 2. The van der Waals surface area contributed by atoms with Crippen molar-refractivity contribution in [2.45, 2.75) is 31.2 Å². The van der Waals surface area contributed by atoms with Gasteiger partial charge < -0.3 is 4.79 Å². The van der Waals surface area contributed by atoms with Gasteiger partial charge in [0.2, 0.25) is 10.0 Å². The molecule has 9 heteroatoms. The fourth-order valence-corrected chi connectivity index (χ4v) is 4.89. The average Bonchev–Trinajstić information content (AvgIpc) is 3.20. The van der Waals surface area contributed by atoms with Crippen molar-refractivity contribution in [2.75, 3.05) is 0 Å². The number of carbonyl (C=O) groups excluding carboxylic acids is 1. The molecule has 0 saturated heterocycles. The first kappa shape index (κ1) is 21.7. The van der Waals surface area contributed by atoms with Crippen LogP contribution in [0.5, 0.6) is 0 Å². The summed E-state index contributed by atoms with van der Waals surface area (Å²) in [5.74, 6) is 3.33. The van der Waals surface area contributed by atoms with Crippen molar-refractivity contribution in [1.82, 2.24) is 4.72 Å². The quantitative estimate of drug-likeness (QED) is 0.432. The number of nitro groups is 1. The molecule has 0 aromatic heterocycles. The van der Waals surface area contributed by atoms with Gasteiger partial charge in [0.15, 0.2) is 0 Å². The molecule has 0 saturated carbocycles. The first-order chi connectivity index (χ1) is 14.0. The topological polar surface area (TPSA) is 106 Å². The molecule has 1 N–H and O–H groups in total. The van der Waals surface area contributed by atoms with Crippen molar-refractivity contribution in [3.63, 3.8) is 0 Å². The number of sulfonamides is 1. The third-order valence-corrected chi connectivity index (χ3v) is 6.25. The maximum atomic E-state index is 12.9. The van der Waals surface area contributed by atoms with Gasteiger partial charge in [-0.3, -0.25) is 10.1 Å². The molecule has 0 aliphatic carbocycles. The number of rotatable bonds is 6. The molecular weight excluding hydrogens is 403 g/mol. The van der Waals surface area contributed by atoms with Crippen molar-refractivity contribution in [3.8, 4) is 11.1 Å². The highest BCUT2D eigenvalue weighted by Crippen LogP contribution is 2.32. The lowest BCUT2D eigenvalue weighted by Crippen LogP contribution is -2.40. The molecule has 1 aliphatic heterocycles. The van der Waals surface area contributed by atoms with E-state index in [1.54, 1.807) is 63.1 Å². The van der Waals surface area contributed by atoms with Gasteiger partial charge in [-0.25, -0.2) is 13.1 Å². The van der Waals surface area contributed by atoms with E-state index in [-0.39, 0.29) is 21.8 Å². The maximum absolute atomic E-state index is 12.9. The lowest BCUT2D eigenvalue weighted by atomic mass is 9.47. The van der Waals surface area contributed by atoms with E-state index in [2.05, 4.69) is 4.72 Å². The van der Waals surface area contributed by atoms with Crippen LogP contribution in [0.4, 0.5) is 5.69 Å². The minimum absolute atomic E-state index is 0.00922. The minimum atomic E-state index is -3.87. The Bertz CT molecular complexity index is 1170. The third kappa shape index (κ3) is 4.58. The molecule has 0 bridgehead atoms. The van der Waals surface area contributed by atoms with Crippen molar-refractivity contribution in [1.29, 1.82) is 0 Å². The molecule has 2 aromatic carbocycles. The molecule has 1 aliphatic rings. The third-order valence-electron chi connectivity index (χ3n) is 4.44. The normalized spacial score (nSPS) is 13.6. The first-order valence-corrected chi connectivity index (χ1v) is 10.8. The van der Waals surface area contributed by atoms with Gasteiger partial charge in [-0.05, 0) is 38.5 Å². The molecule has 2 aromatic rings. The number of hydrogen-bond acceptors (Lipinski definition) is 5. The van der Waals surface area contributed by atoms with Crippen LogP contribution in [0.15, 0.2) is 71.5 Å². The summed E-state index contributed by atoms with van der Waals surface area (Å²) in [7, 11) is -3.87. The van der Waals surface area contributed by atoms with Crippen LogP contribution >= 0.6 is 0 Å². The van der Waals surface area contributed by atoms with Crippen molar-refractivity contribution < 1.29 is 18.1 Å². The van der Waals surface area contributed by atoms with E-state index < -0.39 is 27.2 Å². The van der Waals surface area contributed by atoms with Gasteiger partial charge in [-0.15, -0.1) is 12.0 Å². The second-order valence-corrected chi connectivity index (χ2v) is 9.65. The molecule has 3 rings (SSSR count). The zero-order valence-electron chi connectivity index (χ0n) is 16.8. The van der Waals surface area contributed by atoms with Crippen molar-refractivity contribution >= 4 is 28.1 Å². The van der Waals surface area contributed by atoms with E-state index in [9.17, 15) is 23.3 Å². The SMILES string of the molecule is CC(C)(C)NS(=O)(=O)c1ccccc1-c1ccc(C(=O)B2C=CC=C2)c([N+](=O)[O-])c1. The Balaban J connectivity index is 2.11. The average molecular weight is 424 g/mol. The largest absolute Gasteiger partial charge is 0.305 e. The molecule has 7 nitrogen and oxygen atoms in total.